The van der Waals surface area contributed by atoms with Crippen LogP contribution in [0.25, 0.3) is 0 Å². The molecule has 0 amide bonds. The van der Waals surface area contributed by atoms with Crippen LogP contribution in [0.15, 0.2) is 0 Å². The number of nitrogens with zero attached hydrogens (tertiary/aromatic N) is 1. The van der Waals surface area contributed by atoms with E-state index >= 15 is 0 Å². The lowest BCUT2D eigenvalue weighted by molar-refractivity contribution is -0.0644. The second-order valence-corrected chi connectivity index (χ2v) is 10.2. The highest BCUT2D eigenvalue weighted by molar-refractivity contribution is 5.01. The van der Waals surface area contributed by atoms with E-state index in [9.17, 15) is 0 Å². The Morgan fingerprint density at radius 1 is 0.913 bits per heavy atom. The molecule has 0 aromatic carbocycles. The van der Waals surface area contributed by atoms with Gasteiger partial charge in [0.1, 0.15) is 0 Å². The molecule has 1 saturated heterocycles. The zero-order valence-corrected chi connectivity index (χ0v) is 16.2. The molecule has 3 saturated carbocycles. The van der Waals surface area contributed by atoms with Gasteiger partial charge in [-0.25, -0.2) is 0 Å². The molecule has 1 aliphatic heterocycles. The average molecular weight is 321 g/mol. The van der Waals surface area contributed by atoms with E-state index in [0.29, 0.717) is 0 Å². The van der Waals surface area contributed by atoms with Crippen molar-refractivity contribution in [1.29, 1.82) is 0 Å². The minimum Gasteiger partial charge on any atom is -0.314 e. The van der Waals surface area contributed by atoms with Crippen LogP contribution in [0.4, 0.5) is 0 Å². The molecule has 2 nitrogen and oxygen atoms in total. The van der Waals surface area contributed by atoms with Gasteiger partial charge in [0.2, 0.25) is 0 Å². The maximum Gasteiger partial charge on any atom is 0.00726 e. The summed E-state index contributed by atoms with van der Waals surface area (Å²) in [5, 5.41) is 3.68. The monoisotopic (exact) mass is 320 g/mol. The standard InChI is InChI=1S/C11H21N.C10H19N/c1-9(2)8-12-10-3-4-11(7-10)5-6-11;1-9(2)6-11-7-10(8-11)4-3-5-10/h9-10,12H,3-8H2,1-2H3;9H,3-8H2,1-2H3. The summed E-state index contributed by atoms with van der Waals surface area (Å²) in [7, 11) is 0. The topological polar surface area (TPSA) is 15.3 Å². The van der Waals surface area contributed by atoms with Crippen LogP contribution in [0.5, 0.6) is 0 Å². The molecule has 0 bridgehead atoms. The first-order valence-corrected chi connectivity index (χ1v) is 10.4. The maximum atomic E-state index is 3.68. The third-order valence-electron chi connectivity index (χ3n) is 6.63. The molecule has 2 heteroatoms. The molecule has 0 aromatic rings. The molecule has 0 aromatic heterocycles. The molecule has 1 unspecified atom stereocenters. The fourth-order valence-corrected chi connectivity index (χ4v) is 4.96. The number of hydrogen-bond acceptors (Lipinski definition) is 2. The van der Waals surface area contributed by atoms with Crippen molar-refractivity contribution < 1.29 is 0 Å². The van der Waals surface area contributed by atoms with Gasteiger partial charge in [0.15, 0.2) is 0 Å². The first-order chi connectivity index (χ1) is 10.9. The number of hydrogen-bond donors (Lipinski definition) is 1. The Kier molecular flexibility index (Phi) is 5.43. The molecule has 4 rings (SSSR count). The molecular formula is C21H40N2. The summed E-state index contributed by atoms with van der Waals surface area (Å²) in [6.45, 7) is 14.5. The van der Waals surface area contributed by atoms with Gasteiger partial charge in [0.25, 0.3) is 0 Å². The van der Waals surface area contributed by atoms with Gasteiger partial charge < -0.3 is 10.2 Å². The van der Waals surface area contributed by atoms with Crippen molar-refractivity contribution in [3.63, 3.8) is 0 Å². The van der Waals surface area contributed by atoms with Crippen molar-refractivity contribution in [2.75, 3.05) is 26.2 Å². The third-order valence-corrected chi connectivity index (χ3v) is 6.63. The zero-order chi connectivity index (χ0) is 16.5. The van der Waals surface area contributed by atoms with Gasteiger partial charge in [-0.05, 0) is 74.2 Å². The Bertz CT molecular complexity index is 371. The predicted molar refractivity (Wildman–Crippen MR) is 99.7 cm³/mol. The minimum atomic E-state index is 0.806. The lowest BCUT2D eigenvalue weighted by atomic mass is 9.63. The van der Waals surface area contributed by atoms with Gasteiger partial charge in [0, 0.05) is 25.7 Å². The fourth-order valence-electron chi connectivity index (χ4n) is 4.96. The SMILES string of the molecule is CC(C)CN1CC2(CCC2)C1.CC(C)CNC1CCC2(CC2)C1. The van der Waals surface area contributed by atoms with Crippen LogP contribution in [0.2, 0.25) is 0 Å². The molecule has 23 heavy (non-hydrogen) atoms. The van der Waals surface area contributed by atoms with Crippen LogP contribution in [-0.4, -0.2) is 37.1 Å². The Labute approximate surface area is 144 Å². The van der Waals surface area contributed by atoms with E-state index in [-0.39, 0.29) is 0 Å². The molecule has 2 spiro atoms. The molecule has 1 atom stereocenters. The van der Waals surface area contributed by atoms with Crippen molar-refractivity contribution in [1.82, 2.24) is 10.2 Å². The largest absolute Gasteiger partial charge is 0.314 e. The summed E-state index contributed by atoms with van der Waals surface area (Å²) in [5.41, 5.74) is 1.67. The van der Waals surface area contributed by atoms with Gasteiger partial charge in [0.05, 0.1) is 0 Å². The van der Waals surface area contributed by atoms with Crippen molar-refractivity contribution in [3.05, 3.63) is 0 Å². The highest BCUT2D eigenvalue weighted by Crippen LogP contribution is 2.57. The number of rotatable bonds is 5. The molecule has 4 fully saturated rings. The van der Waals surface area contributed by atoms with Crippen molar-refractivity contribution in [3.8, 4) is 0 Å². The normalized spacial score (nSPS) is 30.3. The first-order valence-electron chi connectivity index (χ1n) is 10.4. The van der Waals surface area contributed by atoms with Gasteiger partial charge in [-0.2, -0.15) is 0 Å². The maximum absolute atomic E-state index is 3.68. The summed E-state index contributed by atoms with van der Waals surface area (Å²) in [5.74, 6) is 1.66. The van der Waals surface area contributed by atoms with E-state index in [4.69, 9.17) is 0 Å². The Morgan fingerprint density at radius 3 is 2.04 bits per heavy atom. The second-order valence-electron chi connectivity index (χ2n) is 10.2. The highest BCUT2D eigenvalue weighted by Gasteiger charge is 2.48. The molecule has 3 aliphatic carbocycles. The molecule has 1 heterocycles. The average Bonchev–Trinajstić information content (AvgIpc) is 3.01. The van der Waals surface area contributed by atoms with Gasteiger partial charge in [-0.1, -0.05) is 34.1 Å². The number of nitrogens with one attached hydrogen (secondary N) is 1. The molecule has 134 valence electrons. The van der Waals surface area contributed by atoms with Crippen molar-refractivity contribution in [2.24, 2.45) is 22.7 Å². The first kappa shape index (κ1) is 17.7. The third kappa shape index (κ3) is 4.72. The fraction of sp³-hybridized carbons (Fsp3) is 1.00. The Morgan fingerprint density at radius 2 is 1.61 bits per heavy atom. The quantitative estimate of drug-likeness (QED) is 0.790. The summed E-state index contributed by atoms with van der Waals surface area (Å²) in [6.07, 6.45) is 12.0. The summed E-state index contributed by atoms with van der Waals surface area (Å²) in [4.78, 5) is 2.61. The summed E-state index contributed by atoms with van der Waals surface area (Å²) < 4.78 is 0. The van der Waals surface area contributed by atoms with Crippen molar-refractivity contribution >= 4 is 0 Å². The van der Waals surface area contributed by atoms with Crippen LogP contribution < -0.4 is 5.32 Å². The molecule has 4 aliphatic rings. The van der Waals surface area contributed by atoms with Crippen LogP contribution in [0.3, 0.4) is 0 Å². The summed E-state index contributed by atoms with van der Waals surface area (Å²) in [6, 6.07) is 0.856. The molecular weight excluding hydrogens is 280 g/mol. The van der Waals surface area contributed by atoms with E-state index in [1.165, 1.54) is 77.5 Å². The predicted octanol–water partition coefficient (Wildman–Crippen LogP) is 4.69. The van der Waals surface area contributed by atoms with Crippen molar-refractivity contribution in [2.45, 2.75) is 85.1 Å². The van der Waals surface area contributed by atoms with Gasteiger partial charge in [-0.3, -0.25) is 0 Å². The molecule has 1 N–H and O–H groups in total. The smallest absolute Gasteiger partial charge is 0.00726 e. The molecule has 0 radical (unpaired) electrons. The van der Waals surface area contributed by atoms with Crippen LogP contribution in [0, 0.1) is 22.7 Å². The lowest BCUT2D eigenvalue weighted by Crippen LogP contribution is -2.60. The van der Waals surface area contributed by atoms with E-state index in [1.54, 1.807) is 0 Å². The van der Waals surface area contributed by atoms with Crippen LogP contribution in [-0.2, 0) is 0 Å². The second kappa shape index (κ2) is 7.04. The van der Waals surface area contributed by atoms with Crippen LogP contribution in [0.1, 0.15) is 79.1 Å². The van der Waals surface area contributed by atoms with E-state index in [2.05, 4.69) is 37.9 Å². The van der Waals surface area contributed by atoms with E-state index in [1.807, 2.05) is 0 Å². The van der Waals surface area contributed by atoms with E-state index in [0.717, 1.165) is 28.7 Å². The van der Waals surface area contributed by atoms with Gasteiger partial charge in [-0.15, -0.1) is 0 Å². The zero-order valence-electron chi connectivity index (χ0n) is 16.2. The lowest BCUT2D eigenvalue weighted by Gasteiger charge is -2.56. The highest BCUT2D eigenvalue weighted by atomic mass is 15.2. The number of likely N-dealkylation sites (tertiary alicyclic amines) is 1. The van der Waals surface area contributed by atoms with E-state index < -0.39 is 0 Å². The summed E-state index contributed by atoms with van der Waals surface area (Å²) >= 11 is 0. The van der Waals surface area contributed by atoms with Crippen LogP contribution >= 0.6 is 0 Å². The Hall–Kier alpha value is -0.0800. The minimum absolute atomic E-state index is 0.806. The van der Waals surface area contributed by atoms with Gasteiger partial charge >= 0.3 is 0 Å². The Balaban J connectivity index is 0.000000136.